The molecule has 63 valence electrons. The van der Waals surface area contributed by atoms with Crippen molar-refractivity contribution < 1.29 is 13.6 Å². The van der Waals surface area contributed by atoms with E-state index in [4.69, 9.17) is 0 Å². The quantitative estimate of drug-likeness (QED) is 0.683. The van der Waals surface area contributed by atoms with Crippen LogP contribution >= 0.6 is 0 Å². The zero-order valence-electron chi connectivity index (χ0n) is 6.10. The molecule has 1 N–H and O–H groups in total. The summed E-state index contributed by atoms with van der Waals surface area (Å²) >= 11 is 0. The average molecular weight is 170 g/mol. The number of benzene rings is 1. The van der Waals surface area contributed by atoms with Crippen molar-refractivity contribution in [1.29, 1.82) is 0 Å². The van der Waals surface area contributed by atoms with E-state index in [1.54, 1.807) is 0 Å². The molecular weight excluding hydrogens is 164 g/mol. The van der Waals surface area contributed by atoms with Crippen LogP contribution in [-0.2, 0) is 4.79 Å². The van der Waals surface area contributed by atoms with Crippen molar-refractivity contribution in [2.24, 2.45) is 0 Å². The minimum atomic E-state index is -1.07. The van der Waals surface area contributed by atoms with Crippen molar-refractivity contribution in [3.63, 3.8) is 0 Å². The van der Waals surface area contributed by atoms with E-state index in [9.17, 15) is 13.6 Å². The zero-order valence-corrected chi connectivity index (χ0v) is 6.10. The first-order valence-electron chi connectivity index (χ1n) is 3.18. The first-order valence-corrected chi connectivity index (χ1v) is 3.18. The Morgan fingerprint density at radius 2 is 2.08 bits per heavy atom. The molecule has 2 nitrogen and oxygen atoms in total. The fraction of sp³-hybridized carbons (Fsp3) is 0. The van der Waals surface area contributed by atoms with E-state index >= 15 is 0 Å². The third kappa shape index (κ3) is 1.78. The van der Waals surface area contributed by atoms with Gasteiger partial charge >= 0.3 is 0 Å². The Kier molecular flexibility index (Phi) is 2.38. The maximum atomic E-state index is 12.7. The van der Waals surface area contributed by atoms with Gasteiger partial charge in [0.15, 0.2) is 11.6 Å². The van der Waals surface area contributed by atoms with E-state index < -0.39 is 17.5 Å². The Morgan fingerprint density at radius 1 is 1.42 bits per heavy atom. The molecule has 0 saturated carbocycles. The van der Waals surface area contributed by atoms with E-state index in [0.717, 1.165) is 6.07 Å². The molecule has 1 rings (SSSR count). The monoisotopic (exact) mass is 170 g/mol. The first-order chi connectivity index (χ1) is 5.61. The fourth-order valence-corrected chi connectivity index (χ4v) is 0.751. The molecule has 0 aliphatic heterocycles. The molecule has 0 unspecified atom stereocenters. The van der Waals surface area contributed by atoms with Crippen molar-refractivity contribution in [2.45, 2.75) is 0 Å². The third-order valence-electron chi connectivity index (χ3n) is 1.23. The Morgan fingerprint density at radius 3 is 2.67 bits per heavy atom. The molecule has 4 heteroatoms. The maximum Gasteiger partial charge on any atom is 0.224 e. The van der Waals surface area contributed by atoms with Crippen LogP contribution in [0.2, 0.25) is 0 Å². The molecule has 0 atom stereocenters. The summed E-state index contributed by atoms with van der Waals surface area (Å²) in [5.41, 5.74) is -0.199. The van der Waals surface area contributed by atoms with E-state index in [2.05, 4.69) is 6.92 Å². The summed E-state index contributed by atoms with van der Waals surface area (Å²) in [7, 11) is 0. The van der Waals surface area contributed by atoms with E-state index in [-0.39, 0.29) is 5.69 Å². The van der Waals surface area contributed by atoms with Gasteiger partial charge in [-0.3, -0.25) is 4.79 Å². The molecule has 0 aliphatic rings. The predicted octanol–water partition coefficient (Wildman–Crippen LogP) is 1.74. The molecule has 1 aromatic rings. The number of amides is 1. The zero-order chi connectivity index (χ0) is 9.14. The molecule has 1 aromatic carbocycles. The number of rotatable bonds is 1. The van der Waals surface area contributed by atoms with Gasteiger partial charge in [-0.2, -0.15) is 0 Å². The van der Waals surface area contributed by atoms with Crippen LogP contribution in [0.1, 0.15) is 0 Å². The van der Waals surface area contributed by atoms with Crippen LogP contribution in [0, 0.1) is 18.6 Å². The van der Waals surface area contributed by atoms with E-state index in [1.165, 1.54) is 12.1 Å². The molecule has 0 bridgehead atoms. The molecule has 0 spiro atoms. The number of nitrogens with one attached hydrogen (secondary N) is 1. The highest BCUT2D eigenvalue weighted by Gasteiger charge is 2.07. The molecular formula is C8H6F2NO. The standard InChI is InChI=1S/C8H6F2NO/c1-5(12)11-7-4-2-3-6(9)8(7)10/h2-4H,1H2,(H,11,12). The second-order valence-electron chi connectivity index (χ2n) is 2.15. The molecule has 0 aromatic heterocycles. The molecule has 0 aliphatic carbocycles. The van der Waals surface area contributed by atoms with Gasteiger partial charge in [0.25, 0.3) is 0 Å². The second-order valence-corrected chi connectivity index (χ2v) is 2.15. The minimum absolute atomic E-state index is 0.199. The molecule has 1 amide bonds. The topological polar surface area (TPSA) is 29.1 Å². The van der Waals surface area contributed by atoms with Gasteiger partial charge in [-0.25, -0.2) is 8.78 Å². The lowest BCUT2D eigenvalue weighted by atomic mass is 10.3. The lowest BCUT2D eigenvalue weighted by Crippen LogP contribution is -2.08. The van der Waals surface area contributed by atoms with Crippen LogP contribution in [-0.4, -0.2) is 5.91 Å². The second kappa shape index (κ2) is 3.30. The van der Waals surface area contributed by atoms with Gasteiger partial charge in [0, 0.05) is 6.92 Å². The summed E-state index contributed by atoms with van der Waals surface area (Å²) in [6, 6.07) is 3.51. The van der Waals surface area contributed by atoms with Crippen molar-refractivity contribution in [3.05, 3.63) is 36.8 Å². The van der Waals surface area contributed by atoms with Crippen LogP contribution in [0.3, 0.4) is 0 Å². The lowest BCUT2D eigenvalue weighted by Gasteiger charge is -2.02. The van der Waals surface area contributed by atoms with Crippen molar-refractivity contribution in [2.75, 3.05) is 5.32 Å². The van der Waals surface area contributed by atoms with Crippen LogP contribution < -0.4 is 5.32 Å². The highest BCUT2D eigenvalue weighted by Crippen LogP contribution is 2.15. The molecule has 1 radical (unpaired) electrons. The molecule has 0 saturated heterocycles. The Bertz CT molecular complexity index is 312. The Hall–Kier alpha value is -1.45. The number of carbonyl (C=O) groups excluding carboxylic acids is 1. The molecule has 0 fully saturated rings. The van der Waals surface area contributed by atoms with Gasteiger partial charge in [-0.1, -0.05) is 6.07 Å². The van der Waals surface area contributed by atoms with E-state index in [0.29, 0.717) is 0 Å². The number of carbonyl (C=O) groups is 1. The highest BCUT2D eigenvalue weighted by atomic mass is 19.2. The number of anilines is 1. The van der Waals surface area contributed by atoms with E-state index in [1.807, 2.05) is 5.32 Å². The first kappa shape index (κ1) is 8.64. The minimum Gasteiger partial charge on any atom is -0.323 e. The molecule has 0 heterocycles. The van der Waals surface area contributed by atoms with Crippen molar-refractivity contribution in [3.8, 4) is 0 Å². The summed E-state index contributed by atoms with van der Waals surface area (Å²) in [5.74, 6) is -2.75. The van der Waals surface area contributed by atoms with Gasteiger partial charge in [-0.15, -0.1) is 0 Å². The average Bonchev–Trinajstić information content (AvgIpc) is 1.98. The fourth-order valence-electron chi connectivity index (χ4n) is 0.751. The number of halogens is 2. The van der Waals surface area contributed by atoms with Gasteiger partial charge in [0.2, 0.25) is 5.91 Å². The van der Waals surface area contributed by atoms with Gasteiger partial charge in [0.1, 0.15) is 0 Å². The third-order valence-corrected chi connectivity index (χ3v) is 1.23. The van der Waals surface area contributed by atoms with Crippen LogP contribution in [0.15, 0.2) is 18.2 Å². The Balaban J connectivity index is 3.00. The lowest BCUT2D eigenvalue weighted by molar-refractivity contribution is -0.112. The smallest absolute Gasteiger partial charge is 0.224 e. The normalized spacial score (nSPS) is 9.58. The highest BCUT2D eigenvalue weighted by molar-refractivity contribution is 5.93. The van der Waals surface area contributed by atoms with Gasteiger partial charge in [0.05, 0.1) is 5.69 Å². The summed E-state index contributed by atoms with van der Waals surface area (Å²) < 4.78 is 25.2. The maximum absolute atomic E-state index is 12.7. The molecule has 12 heavy (non-hydrogen) atoms. The summed E-state index contributed by atoms with van der Waals surface area (Å²) in [6.07, 6.45) is 0. The van der Waals surface area contributed by atoms with Crippen molar-refractivity contribution >= 4 is 11.6 Å². The Labute approximate surface area is 68.2 Å². The largest absolute Gasteiger partial charge is 0.323 e. The number of hydrogen-bond acceptors (Lipinski definition) is 1. The van der Waals surface area contributed by atoms with Gasteiger partial charge in [-0.05, 0) is 12.1 Å². The SMILES string of the molecule is [CH2]C(=O)Nc1cccc(F)c1F. The summed E-state index contributed by atoms with van der Waals surface area (Å²) in [4.78, 5) is 10.4. The summed E-state index contributed by atoms with van der Waals surface area (Å²) in [6.45, 7) is 2.97. The van der Waals surface area contributed by atoms with Crippen LogP contribution in [0.5, 0.6) is 0 Å². The van der Waals surface area contributed by atoms with Gasteiger partial charge < -0.3 is 5.32 Å². The predicted molar refractivity (Wildman–Crippen MR) is 40.3 cm³/mol. The van der Waals surface area contributed by atoms with Crippen LogP contribution in [0.4, 0.5) is 14.5 Å². The van der Waals surface area contributed by atoms with Crippen LogP contribution in [0.25, 0.3) is 0 Å². The number of hydrogen-bond donors (Lipinski definition) is 1. The van der Waals surface area contributed by atoms with Crippen molar-refractivity contribution in [1.82, 2.24) is 0 Å². The summed E-state index contributed by atoms with van der Waals surface area (Å²) in [5, 5.41) is 2.05.